The molecule has 2 aromatic carbocycles. The van der Waals surface area contributed by atoms with Gasteiger partial charge in [0.05, 0.1) is 5.92 Å². The molecule has 5 rings (SSSR count). The second-order valence-corrected chi connectivity index (χ2v) is 7.64. The molecule has 1 aliphatic heterocycles. The third kappa shape index (κ3) is 3.68. The molecule has 0 spiro atoms. The highest BCUT2D eigenvalue weighted by Crippen LogP contribution is 2.30. The lowest BCUT2D eigenvalue weighted by molar-refractivity contribution is -0.136. The molecule has 8 heteroatoms. The number of benzene rings is 2. The van der Waals surface area contributed by atoms with Crippen molar-refractivity contribution < 1.29 is 9.21 Å². The topological polar surface area (TPSA) is 89.9 Å². The maximum absolute atomic E-state index is 13.5. The van der Waals surface area contributed by atoms with Crippen molar-refractivity contribution >= 4 is 17.0 Å². The molecule has 1 fully saturated rings. The van der Waals surface area contributed by atoms with Gasteiger partial charge in [-0.1, -0.05) is 42.5 Å². The lowest BCUT2D eigenvalue weighted by atomic mass is 9.96. The van der Waals surface area contributed by atoms with Gasteiger partial charge in [-0.05, 0) is 41.0 Å². The van der Waals surface area contributed by atoms with E-state index in [0.29, 0.717) is 25.4 Å². The summed E-state index contributed by atoms with van der Waals surface area (Å²) >= 11 is 0. The lowest BCUT2D eigenvalue weighted by Gasteiger charge is -2.33. The summed E-state index contributed by atoms with van der Waals surface area (Å²) in [5, 5.41) is 11.5. The number of carbonyl (C=O) groups excluding carboxylic acids is 1. The number of carbonyl (C=O) groups is 1. The minimum Gasteiger partial charge on any atom is -0.440 e. The summed E-state index contributed by atoms with van der Waals surface area (Å²) < 4.78 is 7.53. The van der Waals surface area contributed by atoms with Gasteiger partial charge in [0, 0.05) is 19.5 Å². The van der Waals surface area contributed by atoms with Crippen molar-refractivity contribution in [2.24, 2.45) is 0 Å². The van der Waals surface area contributed by atoms with Gasteiger partial charge in [-0.3, -0.25) is 4.79 Å². The minimum atomic E-state index is -0.482. The Bertz CT molecular complexity index is 1090. The average Bonchev–Trinajstić information content (AvgIpc) is 3.48. The average molecular weight is 402 g/mol. The van der Waals surface area contributed by atoms with Gasteiger partial charge in [-0.2, -0.15) is 0 Å². The van der Waals surface area contributed by atoms with Crippen LogP contribution in [0.15, 0.2) is 65.3 Å². The van der Waals surface area contributed by atoms with Gasteiger partial charge < -0.3 is 9.32 Å². The second-order valence-electron chi connectivity index (χ2n) is 7.64. The normalized spacial score (nSPS) is 17.9. The first kappa shape index (κ1) is 18.5. The van der Waals surface area contributed by atoms with E-state index in [4.69, 9.17) is 4.42 Å². The van der Waals surface area contributed by atoms with Gasteiger partial charge >= 0.3 is 0 Å². The third-order valence-corrected chi connectivity index (χ3v) is 5.63. The Morgan fingerprint density at radius 3 is 2.77 bits per heavy atom. The number of amides is 1. The number of fused-ring (bicyclic) bond motifs is 1. The van der Waals surface area contributed by atoms with E-state index < -0.39 is 6.04 Å². The van der Waals surface area contributed by atoms with Gasteiger partial charge in [0.25, 0.3) is 0 Å². The summed E-state index contributed by atoms with van der Waals surface area (Å²) in [5.41, 5.74) is 2.71. The first-order valence-electron chi connectivity index (χ1n) is 10.2. The van der Waals surface area contributed by atoms with Crippen LogP contribution in [-0.2, 0) is 11.2 Å². The highest BCUT2D eigenvalue weighted by atomic mass is 16.3. The zero-order valence-electron chi connectivity index (χ0n) is 16.5. The summed E-state index contributed by atoms with van der Waals surface area (Å²) in [6.45, 7) is 1.29. The zero-order chi connectivity index (χ0) is 20.3. The number of hydrogen-bond acceptors (Lipinski definition) is 6. The number of aromatic nitrogens is 5. The maximum Gasteiger partial charge on any atom is 0.247 e. The van der Waals surface area contributed by atoms with Crippen LogP contribution in [0.5, 0.6) is 0 Å². The molecule has 3 heterocycles. The van der Waals surface area contributed by atoms with Crippen LogP contribution >= 0.6 is 0 Å². The number of oxazole rings is 1. The second kappa shape index (κ2) is 8.06. The number of tetrazole rings is 1. The van der Waals surface area contributed by atoms with E-state index in [1.165, 1.54) is 6.33 Å². The van der Waals surface area contributed by atoms with Crippen LogP contribution in [-0.4, -0.2) is 49.1 Å². The molecule has 2 unspecified atom stereocenters. The van der Waals surface area contributed by atoms with Crippen LogP contribution in [0.1, 0.15) is 36.3 Å². The van der Waals surface area contributed by atoms with Crippen molar-refractivity contribution in [1.29, 1.82) is 0 Å². The molecule has 4 aromatic rings. The molecule has 0 aliphatic carbocycles. The van der Waals surface area contributed by atoms with Crippen LogP contribution in [0.2, 0.25) is 0 Å². The molecule has 1 aliphatic rings. The summed E-state index contributed by atoms with van der Waals surface area (Å²) in [6.07, 6.45) is 3.90. The van der Waals surface area contributed by atoms with Crippen molar-refractivity contribution in [2.45, 2.75) is 31.2 Å². The minimum absolute atomic E-state index is 0.0203. The van der Waals surface area contributed by atoms with Crippen LogP contribution < -0.4 is 0 Å². The molecule has 2 aromatic heterocycles. The van der Waals surface area contributed by atoms with Gasteiger partial charge in [0.15, 0.2) is 11.5 Å². The predicted octanol–water partition coefficient (Wildman–Crippen LogP) is 3.00. The first-order valence-corrected chi connectivity index (χ1v) is 10.2. The fourth-order valence-electron chi connectivity index (χ4n) is 4.10. The number of hydrogen-bond donors (Lipinski definition) is 0. The number of para-hydroxylation sites is 2. The summed E-state index contributed by atoms with van der Waals surface area (Å²) in [4.78, 5) is 20.1. The van der Waals surface area contributed by atoms with E-state index in [0.717, 1.165) is 29.5 Å². The Labute approximate surface area is 173 Å². The van der Waals surface area contributed by atoms with Gasteiger partial charge in [0.2, 0.25) is 5.91 Å². The van der Waals surface area contributed by atoms with Crippen molar-refractivity contribution in [1.82, 2.24) is 30.1 Å². The van der Waals surface area contributed by atoms with E-state index in [-0.39, 0.29) is 11.8 Å². The Morgan fingerprint density at radius 2 is 1.97 bits per heavy atom. The molecule has 1 saturated heterocycles. The van der Waals surface area contributed by atoms with Crippen molar-refractivity contribution in [3.63, 3.8) is 0 Å². The van der Waals surface area contributed by atoms with E-state index in [1.807, 2.05) is 59.5 Å². The molecule has 0 saturated carbocycles. The van der Waals surface area contributed by atoms with Gasteiger partial charge in [-0.25, -0.2) is 9.67 Å². The van der Waals surface area contributed by atoms with E-state index in [9.17, 15) is 4.79 Å². The first-order chi connectivity index (χ1) is 14.8. The largest absolute Gasteiger partial charge is 0.440 e. The third-order valence-electron chi connectivity index (χ3n) is 5.63. The maximum atomic E-state index is 13.5. The Morgan fingerprint density at radius 1 is 1.13 bits per heavy atom. The van der Waals surface area contributed by atoms with E-state index in [1.54, 1.807) is 4.68 Å². The molecular weight excluding hydrogens is 380 g/mol. The molecule has 1 amide bonds. The smallest absolute Gasteiger partial charge is 0.247 e. The SMILES string of the molecule is O=C(C(Cc1ccccc1)n1cnnn1)N1CCCC(c2nc3ccccc3o2)C1. The number of piperidine rings is 1. The summed E-state index contributed by atoms with van der Waals surface area (Å²) in [6, 6.07) is 17.2. The molecule has 152 valence electrons. The molecule has 2 atom stereocenters. The quantitative estimate of drug-likeness (QED) is 0.510. The monoisotopic (exact) mass is 402 g/mol. The van der Waals surface area contributed by atoms with E-state index in [2.05, 4.69) is 20.5 Å². The van der Waals surface area contributed by atoms with Gasteiger partial charge in [0.1, 0.15) is 17.9 Å². The molecule has 8 nitrogen and oxygen atoms in total. The fraction of sp³-hybridized carbons (Fsp3) is 0.318. The van der Waals surface area contributed by atoms with Crippen molar-refractivity contribution in [3.05, 3.63) is 72.4 Å². The summed E-state index contributed by atoms with van der Waals surface area (Å²) in [5.74, 6) is 0.809. The molecular formula is C22H22N6O2. The lowest BCUT2D eigenvalue weighted by Crippen LogP contribution is -2.43. The highest BCUT2D eigenvalue weighted by molar-refractivity contribution is 5.81. The molecule has 0 N–H and O–H groups in total. The van der Waals surface area contributed by atoms with Crippen LogP contribution in [0.4, 0.5) is 0 Å². The predicted molar refractivity (Wildman–Crippen MR) is 110 cm³/mol. The number of likely N-dealkylation sites (tertiary alicyclic amines) is 1. The highest BCUT2D eigenvalue weighted by Gasteiger charge is 2.33. The van der Waals surface area contributed by atoms with Crippen LogP contribution in [0, 0.1) is 0 Å². The number of rotatable bonds is 5. The van der Waals surface area contributed by atoms with Crippen molar-refractivity contribution in [2.75, 3.05) is 13.1 Å². The Hall–Kier alpha value is -3.55. The zero-order valence-corrected chi connectivity index (χ0v) is 16.5. The summed E-state index contributed by atoms with van der Waals surface area (Å²) in [7, 11) is 0. The number of nitrogens with zero attached hydrogens (tertiary/aromatic N) is 6. The van der Waals surface area contributed by atoms with Gasteiger partial charge in [-0.15, -0.1) is 5.10 Å². The van der Waals surface area contributed by atoms with E-state index >= 15 is 0 Å². The Balaban J connectivity index is 1.37. The molecule has 0 radical (unpaired) electrons. The Kier molecular flexibility index (Phi) is 4.96. The standard InChI is InChI=1S/C22H22N6O2/c29-22(19(28-15-23-25-26-28)13-16-7-2-1-3-8-16)27-12-6-9-17(14-27)21-24-18-10-4-5-11-20(18)30-21/h1-5,7-8,10-11,15,17,19H,6,9,12-14H2. The molecule has 30 heavy (non-hydrogen) atoms. The van der Waals surface area contributed by atoms with Crippen molar-refractivity contribution in [3.8, 4) is 0 Å². The van der Waals surface area contributed by atoms with Crippen LogP contribution in [0.3, 0.4) is 0 Å². The molecule has 0 bridgehead atoms. The van der Waals surface area contributed by atoms with Crippen LogP contribution in [0.25, 0.3) is 11.1 Å². The fourth-order valence-corrected chi connectivity index (χ4v) is 4.10.